The predicted octanol–water partition coefficient (Wildman–Crippen LogP) is -1.17. The van der Waals surface area contributed by atoms with Crippen molar-refractivity contribution in [3.8, 4) is 16.9 Å². The van der Waals surface area contributed by atoms with Crippen molar-refractivity contribution in [3.63, 3.8) is 0 Å². The number of nitrogens with zero attached hydrogens (tertiary/aromatic N) is 2. The Morgan fingerprint density at radius 3 is 2.30 bits per heavy atom. The molecule has 1 aliphatic heterocycles. The molecule has 328 valence electrons. The number of fused-ring (bicyclic) bond motifs is 1. The molecule has 0 spiro atoms. The van der Waals surface area contributed by atoms with E-state index in [4.69, 9.17) is 35.2 Å². The molecule has 3 unspecified atom stereocenters. The third-order valence-electron chi connectivity index (χ3n) is 9.26. The number of aliphatic imine (C=N–C) groups is 1. The second kappa shape index (κ2) is 23.7. The largest absolute Gasteiger partial charge is 0.481 e. The summed E-state index contributed by atoms with van der Waals surface area (Å²) in [6.07, 6.45) is -2.10. The first-order valence-electron chi connectivity index (χ1n) is 19.3. The van der Waals surface area contributed by atoms with Gasteiger partial charge in [-0.05, 0) is 24.5 Å². The summed E-state index contributed by atoms with van der Waals surface area (Å²) in [6, 6.07) is 14.0. The number of aliphatic hydroxyl groups is 1. The molecular weight excluding hydrogens is 802 g/mol. The number of aliphatic carboxylic acids is 2. The highest BCUT2D eigenvalue weighted by Crippen LogP contribution is 2.32. The highest BCUT2D eigenvalue weighted by atomic mass is 16.7. The normalized spacial score (nSPS) is 13.8. The molecule has 4 rings (SSSR count). The van der Waals surface area contributed by atoms with Crippen molar-refractivity contribution < 1.29 is 67.5 Å². The SMILES string of the molecule is NC(N)=NCCCC(NC(=O)CCC(=O)OCOc1cc(=[N+]2CCOCC2)oc2c(-c3ccccc3)cccc12)C(=O)NCC(=O)CC(CC(=O)O)C(=O)NC(CO)C(=O)O. The van der Waals surface area contributed by atoms with Gasteiger partial charge in [-0.25, -0.2) is 4.79 Å². The van der Waals surface area contributed by atoms with Gasteiger partial charge in [-0.2, -0.15) is 4.58 Å². The van der Waals surface area contributed by atoms with Gasteiger partial charge < -0.3 is 61.4 Å². The van der Waals surface area contributed by atoms with Crippen LogP contribution in [0.25, 0.3) is 22.1 Å². The quantitative estimate of drug-likeness (QED) is 0.0139. The first kappa shape index (κ1) is 46.8. The molecule has 3 amide bonds. The number of nitrogens with two attached hydrogens (primary N) is 2. The standard InChI is InChI=1S/C40H49N7O14/c41-40(42)43-13-5-10-29(38(55)44-21-26(49)18-25(19-34(51)52)37(54)46-30(22-48)39(56)57)45-32(50)11-12-35(53)60-23-59-31-20-33(47-14-16-58-17-15-47)61-36-27(8-4-9-28(31)36)24-6-2-1-3-7-24/h1-4,6-9,20,25,29-30,48H,5,10-19,21-23H2,(H8-,41,42,43,44,45,46,50,51,52,54,55,56,57)/p+1. The van der Waals surface area contributed by atoms with Gasteiger partial charge in [-0.3, -0.25) is 33.8 Å². The second-order valence-electron chi connectivity index (χ2n) is 13.8. The number of carboxylic acid groups (broad SMARTS) is 2. The highest BCUT2D eigenvalue weighted by molar-refractivity contribution is 5.96. The van der Waals surface area contributed by atoms with Crippen molar-refractivity contribution in [2.75, 3.05) is 52.8 Å². The summed E-state index contributed by atoms with van der Waals surface area (Å²) in [4.78, 5) is 90.5. The van der Waals surface area contributed by atoms with Gasteiger partial charge in [0.2, 0.25) is 24.5 Å². The van der Waals surface area contributed by atoms with E-state index < -0.39 is 92.2 Å². The van der Waals surface area contributed by atoms with E-state index in [1.54, 1.807) is 6.07 Å². The third-order valence-corrected chi connectivity index (χ3v) is 9.26. The number of nitrogens with one attached hydrogen (secondary N) is 3. The van der Waals surface area contributed by atoms with Crippen LogP contribution in [-0.4, -0.2) is 128 Å². The van der Waals surface area contributed by atoms with E-state index in [2.05, 4.69) is 15.6 Å². The number of rotatable bonds is 23. The molecule has 3 atom stereocenters. The molecule has 1 aromatic heterocycles. The zero-order chi connectivity index (χ0) is 44.3. The average molecular weight is 853 g/mol. The third kappa shape index (κ3) is 15.0. The molecule has 21 heteroatoms. The van der Waals surface area contributed by atoms with Gasteiger partial charge in [0.1, 0.15) is 31.0 Å². The van der Waals surface area contributed by atoms with E-state index in [1.807, 2.05) is 58.4 Å². The number of para-hydroxylation sites is 1. The van der Waals surface area contributed by atoms with Crippen LogP contribution in [0.4, 0.5) is 0 Å². The summed E-state index contributed by atoms with van der Waals surface area (Å²) in [5.74, 6) is -8.53. The van der Waals surface area contributed by atoms with Crippen LogP contribution in [-0.2, 0) is 43.0 Å². The van der Waals surface area contributed by atoms with E-state index in [1.165, 1.54) is 0 Å². The zero-order valence-corrected chi connectivity index (χ0v) is 33.2. The Balaban J connectivity index is 1.35. The molecule has 2 heterocycles. The molecule has 61 heavy (non-hydrogen) atoms. The maximum absolute atomic E-state index is 13.1. The predicted molar refractivity (Wildman–Crippen MR) is 215 cm³/mol. The van der Waals surface area contributed by atoms with Gasteiger partial charge >= 0.3 is 23.5 Å². The molecule has 0 radical (unpaired) electrons. The summed E-state index contributed by atoms with van der Waals surface area (Å²) in [5.41, 5.74) is 13.6. The van der Waals surface area contributed by atoms with Gasteiger partial charge in [0.05, 0.1) is 43.4 Å². The van der Waals surface area contributed by atoms with Gasteiger partial charge in [-0.15, -0.1) is 0 Å². The van der Waals surface area contributed by atoms with Crippen molar-refractivity contribution in [3.05, 3.63) is 60.2 Å². The molecule has 3 aromatic rings. The smallest absolute Gasteiger partial charge is 0.371 e. The van der Waals surface area contributed by atoms with Crippen molar-refractivity contribution in [2.45, 2.75) is 50.6 Å². The fraction of sp³-hybridized carbons (Fsp3) is 0.425. The summed E-state index contributed by atoms with van der Waals surface area (Å²) in [5, 5.41) is 34.9. The van der Waals surface area contributed by atoms with E-state index in [0.29, 0.717) is 48.6 Å². The van der Waals surface area contributed by atoms with E-state index in [0.717, 1.165) is 11.1 Å². The van der Waals surface area contributed by atoms with Crippen LogP contribution in [0.3, 0.4) is 0 Å². The number of hydrogen-bond acceptors (Lipinski definition) is 13. The summed E-state index contributed by atoms with van der Waals surface area (Å²) >= 11 is 0. The number of hydrogen-bond donors (Lipinski definition) is 8. The molecule has 0 saturated carbocycles. The lowest BCUT2D eigenvalue weighted by atomic mass is 9.97. The van der Waals surface area contributed by atoms with E-state index in [-0.39, 0.29) is 38.2 Å². The minimum absolute atomic E-state index is 0.00163. The second-order valence-corrected chi connectivity index (χ2v) is 13.8. The molecule has 1 aliphatic rings. The summed E-state index contributed by atoms with van der Waals surface area (Å²) in [6.45, 7) is 0.168. The first-order valence-corrected chi connectivity index (χ1v) is 19.3. The topological polar surface area (TPSA) is 325 Å². The number of aliphatic hydroxyl groups excluding tert-OH is 1. The number of guanidine groups is 1. The fourth-order valence-electron chi connectivity index (χ4n) is 6.15. The maximum Gasteiger partial charge on any atom is 0.371 e. The number of carboxylic acids is 2. The van der Waals surface area contributed by atoms with Crippen LogP contribution in [0.5, 0.6) is 5.75 Å². The lowest BCUT2D eigenvalue weighted by Crippen LogP contribution is -2.49. The van der Waals surface area contributed by atoms with Crippen LogP contribution in [0.1, 0.15) is 38.5 Å². The van der Waals surface area contributed by atoms with Gasteiger partial charge in [-0.1, -0.05) is 42.5 Å². The van der Waals surface area contributed by atoms with Crippen molar-refractivity contribution in [1.29, 1.82) is 0 Å². The number of Topliss-reactive ketones (excluding diaryl/α,β-unsaturated/α-hetero) is 1. The molecule has 0 aliphatic carbocycles. The number of ether oxygens (including phenoxy) is 3. The zero-order valence-electron chi connectivity index (χ0n) is 33.2. The minimum Gasteiger partial charge on any atom is -0.481 e. The first-order chi connectivity index (χ1) is 29.2. The molecule has 1 saturated heterocycles. The molecular formula is C40H50N7O14+. The van der Waals surface area contributed by atoms with Crippen LogP contribution < -0.4 is 42.3 Å². The Morgan fingerprint density at radius 2 is 1.62 bits per heavy atom. The van der Waals surface area contributed by atoms with Gasteiger partial charge in [0.25, 0.3) is 0 Å². The highest BCUT2D eigenvalue weighted by Gasteiger charge is 2.29. The van der Waals surface area contributed by atoms with Crippen LogP contribution in [0.2, 0.25) is 0 Å². The van der Waals surface area contributed by atoms with Crippen molar-refractivity contribution >= 4 is 58.3 Å². The number of carbonyl (C=O) groups is 7. The monoisotopic (exact) mass is 852 g/mol. The van der Waals surface area contributed by atoms with E-state index in [9.17, 15) is 43.8 Å². The maximum atomic E-state index is 13.1. The van der Waals surface area contributed by atoms with Crippen LogP contribution >= 0.6 is 0 Å². The molecule has 0 bridgehead atoms. The summed E-state index contributed by atoms with van der Waals surface area (Å²) in [7, 11) is 0. The van der Waals surface area contributed by atoms with Gasteiger partial charge in [0.15, 0.2) is 30.4 Å². The van der Waals surface area contributed by atoms with Crippen molar-refractivity contribution in [2.24, 2.45) is 22.4 Å². The fourth-order valence-corrected chi connectivity index (χ4v) is 6.15. The summed E-state index contributed by atoms with van der Waals surface area (Å²) < 4.78 is 25.2. The van der Waals surface area contributed by atoms with Crippen LogP contribution in [0.15, 0.2) is 64.0 Å². The molecule has 10 N–H and O–H groups in total. The molecule has 1 fully saturated rings. The number of ketones is 1. The Kier molecular flexibility index (Phi) is 18.2. The van der Waals surface area contributed by atoms with Crippen molar-refractivity contribution in [1.82, 2.24) is 20.5 Å². The van der Waals surface area contributed by atoms with Crippen LogP contribution in [0, 0.1) is 5.92 Å². The lowest BCUT2D eigenvalue weighted by Gasteiger charge is -2.19. The lowest BCUT2D eigenvalue weighted by molar-refractivity contribution is -0.151. The Labute approximate surface area is 348 Å². The number of esters is 1. The van der Waals surface area contributed by atoms with Gasteiger partial charge in [0, 0.05) is 24.9 Å². The number of amides is 3. The number of benzene rings is 2. The van der Waals surface area contributed by atoms with E-state index >= 15 is 0 Å². The Morgan fingerprint density at radius 1 is 0.885 bits per heavy atom. The number of carbonyl (C=O) groups excluding carboxylic acids is 5. The Bertz CT molecular complexity index is 2150. The molecule has 2 aromatic carbocycles. The average Bonchev–Trinajstić information content (AvgIpc) is 3.24. The molecule has 21 nitrogen and oxygen atoms in total. The number of morpholine rings is 1. The Hall–Kier alpha value is -6.87. The minimum atomic E-state index is -1.73.